The minimum Gasteiger partial charge on any atom is -0.352 e. The number of hydrogen-bond donors (Lipinski definition) is 1. The number of benzene rings is 1. The van der Waals surface area contributed by atoms with Gasteiger partial charge in [0.15, 0.2) is 11.2 Å². The van der Waals surface area contributed by atoms with Crippen LogP contribution in [-0.4, -0.2) is 36.3 Å². The molecule has 0 bridgehead atoms. The first kappa shape index (κ1) is 13.5. The Kier molecular flexibility index (Phi) is 4.12. The van der Waals surface area contributed by atoms with Gasteiger partial charge in [0.2, 0.25) is 0 Å². The maximum Gasteiger partial charge on any atom is 0.190 e. The molecule has 0 amide bonds. The number of pyridine rings is 1. The molecule has 0 saturated carbocycles. The number of Topliss-reactive ketones (excluding diaryl/α,β-unsaturated/α-hetero) is 1. The Morgan fingerprint density at radius 3 is 2.74 bits per heavy atom. The van der Waals surface area contributed by atoms with Crippen LogP contribution in [0.3, 0.4) is 0 Å². The van der Waals surface area contributed by atoms with Gasteiger partial charge in [-0.3, -0.25) is 9.59 Å². The number of nitrogens with zero attached hydrogens (tertiary/aromatic N) is 1. The van der Waals surface area contributed by atoms with Gasteiger partial charge in [-0.1, -0.05) is 12.1 Å². The maximum absolute atomic E-state index is 12.0. The number of aromatic nitrogens is 1. The quantitative estimate of drug-likeness (QED) is 0.835. The van der Waals surface area contributed by atoms with Gasteiger partial charge in [-0.15, -0.1) is 0 Å². The van der Waals surface area contributed by atoms with Crippen molar-refractivity contribution in [1.82, 2.24) is 9.88 Å². The molecular formula is C15H18N2O2. The first-order chi connectivity index (χ1) is 9.08. The molecule has 0 radical (unpaired) electrons. The lowest BCUT2D eigenvalue weighted by atomic mass is 10.1. The second kappa shape index (κ2) is 5.80. The Morgan fingerprint density at radius 2 is 2.00 bits per heavy atom. The third-order valence-electron chi connectivity index (χ3n) is 3.05. The van der Waals surface area contributed by atoms with Crippen molar-refractivity contribution in [2.75, 3.05) is 20.6 Å². The summed E-state index contributed by atoms with van der Waals surface area (Å²) in [5.74, 6) is -0.00953. The molecule has 1 aromatic carbocycles. The first-order valence-corrected chi connectivity index (χ1v) is 6.38. The van der Waals surface area contributed by atoms with Crippen LogP contribution in [0, 0.1) is 0 Å². The van der Waals surface area contributed by atoms with Crippen LogP contribution in [0.2, 0.25) is 0 Å². The minimum atomic E-state index is -0.106. The monoisotopic (exact) mass is 258 g/mol. The zero-order valence-electron chi connectivity index (χ0n) is 11.3. The molecule has 0 aliphatic carbocycles. The van der Waals surface area contributed by atoms with E-state index in [0.717, 1.165) is 13.0 Å². The van der Waals surface area contributed by atoms with Gasteiger partial charge in [-0.05, 0) is 39.2 Å². The molecule has 1 aromatic heterocycles. The number of carbonyl (C=O) groups excluding carboxylic acids is 1. The van der Waals surface area contributed by atoms with Crippen molar-refractivity contribution in [1.29, 1.82) is 0 Å². The zero-order valence-corrected chi connectivity index (χ0v) is 11.3. The molecule has 0 aliphatic heterocycles. The van der Waals surface area contributed by atoms with Crippen molar-refractivity contribution in [3.63, 3.8) is 0 Å². The van der Waals surface area contributed by atoms with E-state index < -0.39 is 0 Å². The fourth-order valence-corrected chi connectivity index (χ4v) is 2.04. The van der Waals surface area contributed by atoms with Gasteiger partial charge in [0.05, 0.1) is 5.69 Å². The molecule has 0 atom stereocenters. The molecule has 1 N–H and O–H groups in total. The molecule has 1 heterocycles. The lowest BCUT2D eigenvalue weighted by Crippen LogP contribution is -2.15. The highest BCUT2D eigenvalue weighted by Gasteiger charge is 2.09. The first-order valence-electron chi connectivity index (χ1n) is 6.38. The number of H-pyrrole nitrogens is 1. The molecule has 0 unspecified atom stereocenters. The van der Waals surface area contributed by atoms with Crippen LogP contribution in [0.15, 0.2) is 35.1 Å². The summed E-state index contributed by atoms with van der Waals surface area (Å²) in [6.07, 6.45) is 1.24. The van der Waals surface area contributed by atoms with Gasteiger partial charge >= 0.3 is 0 Å². The largest absolute Gasteiger partial charge is 0.352 e. The molecule has 19 heavy (non-hydrogen) atoms. The van der Waals surface area contributed by atoms with Gasteiger partial charge in [-0.25, -0.2) is 0 Å². The summed E-state index contributed by atoms with van der Waals surface area (Å²) >= 11 is 0. The predicted octanol–water partition coefficient (Wildman–Crippen LogP) is 2.05. The van der Waals surface area contributed by atoms with E-state index in [1.807, 2.05) is 37.2 Å². The normalized spacial score (nSPS) is 11.1. The highest BCUT2D eigenvalue weighted by atomic mass is 16.1. The van der Waals surface area contributed by atoms with Crippen LogP contribution in [0.1, 0.15) is 23.3 Å². The summed E-state index contributed by atoms with van der Waals surface area (Å²) in [7, 11) is 3.95. The Labute approximate surface area is 112 Å². The van der Waals surface area contributed by atoms with E-state index in [2.05, 4.69) is 4.98 Å². The van der Waals surface area contributed by atoms with Crippen molar-refractivity contribution >= 4 is 16.7 Å². The zero-order chi connectivity index (χ0) is 13.8. The van der Waals surface area contributed by atoms with Gasteiger partial charge in [-0.2, -0.15) is 0 Å². The van der Waals surface area contributed by atoms with Crippen LogP contribution < -0.4 is 5.43 Å². The summed E-state index contributed by atoms with van der Waals surface area (Å²) < 4.78 is 0. The van der Waals surface area contributed by atoms with E-state index in [9.17, 15) is 9.59 Å². The van der Waals surface area contributed by atoms with Crippen LogP contribution in [-0.2, 0) is 0 Å². The molecule has 4 heteroatoms. The van der Waals surface area contributed by atoms with E-state index in [-0.39, 0.29) is 11.2 Å². The summed E-state index contributed by atoms with van der Waals surface area (Å²) in [6.45, 7) is 0.865. The van der Waals surface area contributed by atoms with Crippen LogP contribution in [0.5, 0.6) is 0 Å². The number of hydrogen-bond acceptors (Lipinski definition) is 3. The Bertz CT molecular complexity index is 644. The second-order valence-electron chi connectivity index (χ2n) is 4.92. The predicted molar refractivity (Wildman–Crippen MR) is 76.7 cm³/mol. The topological polar surface area (TPSA) is 53.2 Å². The van der Waals surface area contributed by atoms with E-state index in [1.165, 1.54) is 6.07 Å². The maximum atomic E-state index is 12.0. The number of carbonyl (C=O) groups is 1. The van der Waals surface area contributed by atoms with Crippen LogP contribution in [0.4, 0.5) is 0 Å². The van der Waals surface area contributed by atoms with Gasteiger partial charge in [0.1, 0.15) is 0 Å². The van der Waals surface area contributed by atoms with Crippen LogP contribution in [0.25, 0.3) is 10.9 Å². The van der Waals surface area contributed by atoms with E-state index >= 15 is 0 Å². The summed E-state index contributed by atoms with van der Waals surface area (Å²) in [5.41, 5.74) is 1.01. The molecular weight excluding hydrogens is 240 g/mol. The summed E-state index contributed by atoms with van der Waals surface area (Å²) in [4.78, 5) is 29.0. The Hall–Kier alpha value is -1.94. The average molecular weight is 258 g/mol. The van der Waals surface area contributed by atoms with Gasteiger partial charge in [0, 0.05) is 23.4 Å². The molecule has 4 nitrogen and oxygen atoms in total. The van der Waals surface area contributed by atoms with Crippen molar-refractivity contribution in [3.05, 3.63) is 46.2 Å². The molecule has 0 aliphatic rings. The van der Waals surface area contributed by atoms with Crippen molar-refractivity contribution in [2.24, 2.45) is 0 Å². The number of fused-ring (bicyclic) bond motifs is 1. The summed E-state index contributed by atoms with van der Waals surface area (Å²) in [5, 5.41) is 0.618. The molecule has 2 rings (SSSR count). The molecule has 0 saturated heterocycles. The lowest BCUT2D eigenvalue weighted by molar-refractivity contribution is 0.0973. The minimum absolute atomic E-state index is 0.00953. The number of rotatable bonds is 5. The number of nitrogens with one attached hydrogen (secondary N) is 1. The number of aromatic amines is 1. The Balaban J connectivity index is 2.21. The molecule has 2 aromatic rings. The van der Waals surface area contributed by atoms with E-state index in [4.69, 9.17) is 0 Å². The average Bonchev–Trinajstić information content (AvgIpc) is 2.38. The van der Waals surface area contributed by atoms with Crippen molar-refractivity contribution < 1.29 is 4.79 Å². The van der Waals surface area contributed by atoms with E-state index in [0.29, 0.717) is 23.0 Å². The second-order valence-corrected chi connectivity index (χ2v) is 4.92. The molecule has 0 spiro atoms. The van der Waals surface area contributed by atoms with Crippen molar-refractivity contribution in [3.8, 4) is 0 Å². The number of ketones is 1. The van der Waals surface area contributed by atoms with E-state index in [1.54, 1.807) is 6.07 Å². The highest BCUT2D eigenvalue weighted by molar-refractivity contribution is 5.96. The van der Waals surface area contributed by atoms with Crippen molar-refractivity contribution in [2.45, 2.75) is 12.8 Å². The van der Waals surface area contributed by atoms with Crippen LogP contribution >= 0.6 is 0 Å². The molecule has 0 fully saturated rings. The Morgan fingerprint density at radius 1 is 1.26 bits per heavy atom. The fraction of sp³-hybridized carbons (Fsp3) is 0.333. The van der Waals surface area contributed by atoms with Gasteiger partial charge in [0.25, 0.3) is 0 Å². The molecule has 100 valence electrons. The van der Waals surface area contributed by atoms with Gasteiger partial charge < -0.3 is 9.88 Å². The summed E-state index contributed by atoms with van der Waals surface area (Å²) in [6, 6.07) is 8.64. The standard InChI is InChI=1S/C15H18N2O2/c1-17(2)9-5-8-14(18)13-10-15(19)11-6-3-4-7-12(11)16-13/h3-4,6-7,10H,5,8-9H2,1-2H3,(H,16,19). The third-order valence-corrected chi connectivity index (χ3v) is 3.05. The SMILES string of the molecule is CN(C)CCCC(=O)c1cc(=O)c2ccccc2[nH]1. The highest BCUT2D eigenvalue weighted by Crippen LogP contribution is 2.09. The fourth-order valence-electron chi connectivity index (χ4n) is 2.04. The number of para-hydroxylation sites is 1. The smallest absolute Gasteiger partial charge is 0.190 e. The third kappa shape index (κ3) is 3.29. The lowest BCUT2D eigenvalue weighted by Gasteiger charge is -2.08.